The van der Waals surface area contributed by atoms with Crippen LogP contribution in [0.2, 0.25) is 0 Å². The number of rotatable bonds is 5. The van der Waals surface area contributed by atoms with E-state index in [0.29, 0.717) is 19.5 Å². The van der Waals surface area contributed by atoms with Crippen LogP contribution in [0.1, 0.15) is 51.9 Å². The highest BCUT2D eigenvalue weighted by Gasteiger charge is 2.32. The van der Waals surface area contributed by atoms with Crippen LogP contribution >= 0.6 is 0 Å². The molecular weight excluding hydrogens is 272 g/mol. The van der Waals surface area contributed by atoms with E-state index in [2.05, 4.69) is 5.32 Å². The summed E-state index contributed by atoms with van der Waals surface area (Å²) in [5, 5.41) is 11.8. The van der Waals surface area contributed by atoms with Crippen molar-refractivity contribution in [3.05, 3.63) is 0 Å². The molecule has 0 saturated carbocycles. The fourth-order valence-electron chi connectivity index (χ4n) is 3.20. The molecule has 2 atom stereocenters. The van der Waals surface area contributed by atoms with Crippen LogP contribution in [0.25, 0.3) is 0 Å². The van der Waals surface area contributed by atoms with Crippen molar-refractivity contribution in [3.8, 4) is 0 Å². The molecule has 2 fully saturated rings. The van der Waals surface area contributed by atoms with E-state index in [0.717, 1.165) is 38.7 Å². The van der Waals surface area contributed by atoms with Gasteiger partial charge < -0.3 is 20.1 Å². The number of nitrogens with one attached hydrogen (secondary N) is 1. The molecule has 0 spiro atoms. The number of hydrogen-bond acceptors (Lipinski definition) is 3. The molecular formula is C15H26N2O4. The molecule has 2 amide bonds. The number of carboxylic acids is 1. The van der Waals surface area contributed by atoms with Crippen LogP contribution < -0.4 is 5.32 Å². The zero-order chi connectivity index (χ0) is 15.3. The number of carbonyl (C=O) groups excluding carboxylic acids is 1. The average Bonchev–Trinajstić information content (AvgIpc) is 2.90. The van der Waals surface area contributed by atoms with Gasteiger partial charge in [-0.05, 0) is 45.4 Å². The van der Waals surface area contributed by atoms with E-state index in [1.807, 2.05) is 11.8 Å². The summed E-state index contributed by atoms with van der Waals surface area (Å²) >= 11 is 0. The number of piperidine rings is 1. The van der Waals surface area contributed by atoms with Gasteiger partial charge >= 0.3 is 12.0 Å². The molecule has 2 N–H and O–H groups in total. The van der Waals surface area contributed by atoms with Gasteiger partial charge in [-0.1, -0.05) is 0 Å². The smallest absolute Gasteiger partial charge is 0.317 e. The molecule has 0 aromatic carbocycles. The van der Waals surface area contributed by atoms with Gasteiger partial charge in [-0.2, -0.15) is 0 Å². The first-order chi connectivity index (χ1) is 10.0. The fraction of sp³-hybridized carbons (Fsp3) is 0.867. The largest absolute Gasteiger partial charge is 0.481 e. The minimum Gasteiger partial charge on any atom is -0.481 e. The van der Waals surface area contributed by atoms with Gasteiger partial charge in [0.15, 0.2) is 0 Å². The fourth-order valence-corrected chi connectivity index (χ4v) is 3.20. The van der Waals surface area contributed by atoms with Crippen LogP contribution in [0.15, 0.2) is 0 Å². The normalized spacial score (nSPS) is 29.4. The highest BCUT2D eigenvalue weighted by Crippen LogP contribution is 2.25. The number of carboxylic acid groups (broad SMARTS) is 1. The van der Waals surface area contributed by atoms with Crippen molar-refractivity contribution in [1.29, 1.82) is 0 Å². The molecule has 0 aromatic rings. The second kappa shape index (κ2) is 7.11. The SMILES string of the molecule is CC1(CNC(=O)N2CCCCC2CCC(=O)O)CCCO1. The Labute approximate surface area is 125 Å². The van der Waals surface area contributed by atoms with Crippen LogP contribution in [0.3, 0.4) is 0 Å². The lowest BCUT2D eigenvalue weighted by Crippen LogP contribution is -2.51. The number of amides is 2. The van der Waals surface area contributed by atoms with E-state index in [-0.39, 0.29) is 24.1 Å². The predicted octanol–water partition coefficient (Wildman–Crippen LogP) is 1.98. The molecule has 2 saturated heterocycles. The van der Waals surface area contributed by atoms with Crippen LogP contribution in [-0.2, 0) is 9.53 Å². The van der Waals surface area contributed by atoms with Crippen molar-refractivity contribution < 1.29 is 19.4 Å². The zero-order valence-corrected chi connectivity index (χ0v) is 12.8. The van der Waals surface area contributed by atoms with Gasteiger partial charge in [0.1, 0.15) is 0 Å². The Morgan fingerprint density at radius 1 is 1.38 bits per heavy atom. The Balaban J connectivity index is 1.84. The van der Waals surface area contributed by atoms with Crippen molar-refractivity contribution in [3.63, 3.8) is 0 Å². The quantitative estimate of drug-likeness (QED) is 0.813. The number of nitrogens with zero attached hydrogens (tertiary/aromatic N) is 1. The first-order valence-electron chi connectivity index (χ1n) is 7.90. The number of likely N-dealkylation sites (tertiary alicyclic amines) is 1. The zero-order valence-electron chi connectivity index (χ0n) is 12.8. The molecule has 0 aliphatic carbocycles. The van der Waals surface area contributed by atoms with Gasteiger partial charge in [0.25, 0.3) is 0 Å². The van der Waals surface area contributed by atoms with Crippen LogP contribution in [0.5, 0.6) is 0 Å². The first kappa shape index (κ1) is 16.1. The van der Waals surface area contributed by atoms with Crippen molar-refractivity contribution in [2.75, 3.05) is 19.7 Å². The van der Waals surface area contributed by atoms with Crippen molar-refractivity contribution in [1.82, 2.24) is 10.2 Å². The number of ether oxygens (including phenoxy) is 1. The molecule has 0 aromatic heterocycles. The third kappa shape index (κ3) is 4.59. The monoisotopic (exact) mass is 298 g/mol. The summed E-state index contributed by atoms with van der Waals surface area (Å²) in [7, 11) is 0. The second-order valence-electron chi connectivity index (χ2n) is 6.34. The third-order valence-corrected chi connectivity index (χ3v) is 4.49. The maximum atomic E-state index is 12.4. The first-order valence-corrected chi connectivity index (χ1v) is 7.90. The van der Waals surface area contributed by atoms with E-state index in [1.54, 1.807) is 0 Å². The summed E-state index contributed by atoms with van der Waals surface area (Å²) in [5.41, 5.74) is -0.248. The molecule has 2 unspecified atom stereocenters. The van der Waals surface area contributed by atoms with Gasteiger partial charge in [-0.3, -0.25) is 4.79 Å². The van der Waals surface area contributed by atoms with Crippen molar-refractivity contribution >= 4 is 12.0 Å². The van der Waals surface area contributed by atoms with Gasteiger partial charge in [0.05, 0.1) is 5.60 Å². The van der Waals surface area contributed by atoms with Gasteiger partial charge in [0, 0.05) is 32.2 Å². The molecule has 120 valence electrons. The minimum atomic E-state index is -0.798. The number of hydrogen-bond donors (Lipinski definition) is 2. The molecule has 0 radical (unpaired) electrons. The molecule has 6 heteroatoms. The number of carbonyl (C=O) groups is 2. The van der Waals surface area contributed by atoms with Gasteiger partial charge in [0.2, 0.25) is 0 Å². The summed E-state index contributed by atoms with van der Waals surface area (Å²) in [5.74, 6) is -0.798. The average molecular weight is 298 g/mol. The van der Waals surface area contributed by atoms with Crippen LogP contribution in [-0.4, -0.2) is 53.3 Å². The van der Waals surface area contributed by atoms with E-state index in [9.17, 15) is 9.59 Å². The molecule has 2 rings (SSSR count). The Kier molecular flexibility index (Phi) is 5.45. The standard InChI is InChI=1S/C15H26N2O4/c1-15(8-4-10-21-15)11-16-14(20)17-9-3-2-5-12(17)6-7-13(18)19/h12H,2-11H2,1H3,(H,16,20)(H,18,19). The van der Waals surface area contributed by atoms with E-state index < -0.39 is 5.97 Å². The predicted molar refractivity (Wildman–Crippen MR) is 78.2 cm³/mol. The lowest BCUT2D eigenvalue weighted by Gasteiger charge is -2.36. The maximum absolute atomic E-state index is 12.4. The summed E-state index contributed by atoms with van der Waals surface area (Å²) in [4.78, 5) is 24.9. The number of urea groups is 1. The topological polar surface area (TPSA) is 78.9 Å². The molecule has 2 aliphatic rings. The summed E-state index contributed by atoms with van der Waals surface area (Å²) < 4.78 is 5.67. The maximum Gasteiger partial charge on any atom is 0.317 e. The Bertz CT molecular complexity index is 380. The lowest BCUT2D eigenvalue weighted by atomic mass is 9.98. The molecule has 21 heavy (non-hydrogen) atoms. The summed E-state index contributed by atoms with van der Waals surface area (Å²) in [6.45, 7) is 4.03. The molecule has 2 aliphatic heterocycles. The molecule has 0 bridgehead atoms. The van der Waals surface area contributed by atoms with Gasteiger partial charge in [-0.15, -0.1) is 0 Å². The Morgan fingerprint density at radius 2 is 2.19 bits per heavy atom. The van der Waals surface area contributed by atoms with Crippen molar-refractivity contribution in [2.24, 2.45) is 0 Å². The summed E-state index contributed by atoms with van der Waals surface area (Å²) in [6, 6.07) is -0.0334. The van der Waals surface area contributed by atoms with Gasteiger partial charge in [-0.25, -0.2) is 4.79 Å². The molecule has 6 nitrogen and oxygen atoms in total. The number of aliphatic carboxylic acids is 1. The Hall–Kier alpha value is -1.30. The van der Waals surface area contributed by atoms with E-state index >= 15 is 0 Å². The Morgan fingerprint density at radius 3 is 2.86 bits per heavy atom. The third-order valence-electron chi connectivity index (χ3n) is 4.49. The van der Waals surface area contributed by atoms with E-state index in [1.165, 1.54) is 0 Å². The second-order valence-corrected chi connectivity index (χ2v) is 6.34. The highest BCUT2D eigenvalue weighted by atomic mass is 16.5. The molecule has 2 heterocycles. The van der Waals surface area contributed by atoms with Crippen molar-refractivity contribution in [2.45, 2.75) is 63.5 Å². The van der Waals surface area contributed by atoms with Crippen LogP contribution in [0, 0.1) is 0 Å². The van der Waals surface area contributed by atoms with E-state index in [4.69, 9.17) is 9.84 Å². The highest BCUT2D eigenvalue weighted by molar-refractivity contribution is 5.75. The minimum absolute atomic E-state index is 0.0483. The lowest BCUT2D eigenvalue weighted by molar-refractivity contribution is -0.137. The summed E-state index contributed by atoms with van der Waals surface area (Å²) in [6.07, 6.45) is 5.62. The van der Waals surface area contributed by atoms with Crippen LogP contribution in [0.4, 0.5) is 4.79 Å².